The van der Waals surface area contributed by atoms with E-state index in [4.69, 9.17) is 0 Å². The molecule has 0 unspecified atom stereocenters. The molecule has 0 aliphatic rings. The molecule has 5 heteroatoms. The van der Waals surface area contributed by atoms with Gasteiger partial charge >= 0.3 is 0 Å². The van der Waals surface area contributed by atoms with Gasteiger partial charge in [0.05, 0.1) is 17.2 Å². The van der Waals surface area contributed by atoms with Crippen LogP contribution in [0.2, 0.25) is 0 Å². The number of pyridine rings is 1. The molecule has 0 aliphatic carbocycles. The lowest BCUT2D eigenvalue weighted by Gasteiger charge is -2.12. The van der Waals surface area contributed by atoms with Crippen LogP contribution in [-0.4, -0.2) is 21.7 Å². The number of fused-ring (bicyclic) bond motifs is 2. The molecule has 0 aliphatic heterocycles. The predicted octanol–water partition coefficient (Wildman–Crippen LogP) is 6.73. The number of nitrogens with zero attached hydrogens (tertiary/aromatic N) is 2. The first kappa shape index (κ1) is 19.1. The molecule has 0 spiro atoms. The topological polar surface area (TPSA) is 65.6 Å². The maximum Gasteiger partial charge on any atom is 0.0723 e. The lowest BCUT2D eigenvalue weighted by Crippen LogP contribution is -2.00. The molecule has 0 saturated carbocycles. The van der Waals surface area contributed by atoms with E-state index >= 15 is 0 Å². The number of aromatic nitrogens is 3. The van der Waals surface area contributed by atoms with Gasteiger partial charge in [-0.05, 0) is 60.0 Å². The minimum absolute atomic E-state index is 0.963. The van der Waals surface area contributed by atoms with Gasteiger partial charge in [-0.15, -0.1) is 0 Å². The summed E-state index contributed by atoms with van der Waals surface area (Å²) < 4.78 is 0. The van der Waals surface area contributed by atoms with Crippen molar-refractivity contribution < 1.29 is 0 Å². The third kappa shape index (κ3) is 3.94. The highest BCUT2D eigenvalue weighted by atomic mass is 15.1. The van der Waals surface area contributed by atoms with Crippen molar-refractivity contribution in [2.45, 2.75) is 19.8 Å². The fraction of sp³-hybridized carbons (Fsp3) is 0.154. The Morgan fingerprint density at radius 3 is 2.68 bits per heavy atom. The molecule has 2 heterocycles. The highest BCUT2D eigenvalue weighted by Gasteiger charge is 2.08. The van der Waals surface area contributed by atoms with Gasteiger partial charge in [0.1, 0.15) is 0 Å². The van der Waals surface area contributed by atoms with Crippen molar-refractivity contribution in [3.63, 3.8) is 0 Å². The third-order valence-corrected chi connectivity index (χ3v) is 5.55. The van der Waals surface area contributed by atoms with Gasteiger partial charge < -0.3 is 10.6 Å². The zero-order valence-electron chi connectivity index (χ0n) is 17.5. The van der Waals surface area contributed by atoms with Crippen molar-refractivity contribution in [2.24, 2.45) is 0 Å². The van der Waals surface area contributed by atoms with Crippen molar-refractivity contribution in [2.75, 3.05) is 17.2 Å². The first-order chi connectivity index (χ1) is 15.3. The number of benzene rings is 3. The molecule has 5 rings (SSSR count). The van der Waals surface area contributed by atoms with E-state index in [2.05, 4.69) is 81.3 Å². The Bertz CT molecular complexity index is 1340. The van der Waals surface area contributed by atoms with Crippen LogP contribution >= 0.6 is 0 Å². The van der Waals surface area contributed by atoms with E-state index in [0.29, 0.717) is 0 Å². The number of rotatable bonds is 7. The Balaban J connectivity index is 1.51. The standard InChI is InChI=1S/C26H25N5/c1-2-3-13-27-20-7-4-6-18(15-20)19-10-11-23-21(16-19)25(12-14-28-23)30-24-8-5-9-26-22(24)17-29-31-26/h4-12,14-17,27H,2-3,13H2,1H3,(H,28,30)(H,29,31). The van der Waals surface area contributed by atoms with E-state index in [1.807, 2.05) is 30.6 Å². The molecule has 0 bridgehead atoms. The number of unbranched alkanes of at least 4 members (excludes halogenated alkanes) is 1. The first-order valence-electron chi connectivity index (χ1n) is 10.7. The smallest absolute Gasteiger partial charge is 0.0723 e. The minimum Gasteiger partial charge on any atom is -0.385 e. The SMILES string of the molecule is CCCCNc1cccc(-c2ccc3nccc(Nc4cccc5[nH]ncc45)c3c2)c1. The number of anilines is 3. The molecular formula is C26H25N5. The second-order valence-electron chi connectivity index (χ2n) is 7.71. The van der Waals surface area contributed by atoms with E-state index in [1.54, 1.807) is 0 Å². The van der Waals surface area contributed by atoms with Gasteiger partial charge in [0.15, 0.2) is 0 Å². The van der Waals surface area contributed by atoms with E-state index in [0.717, 1.165) is 45.4 Å². The molecule has 154 valence electrons. The van der Waals surface area contributed by atoms with Crippen LogP contribution in [0.5, 0.6) is 0 Å². The van der Waals surface area contributed by atoms with Crippen LogP contribution in [0.3, 0.4) is 0 Å². The molecule has 2 aromatic heterocycles. The zero-order chi connectivity index (χ0) is 21.0. The van der Waals surface area contributed by atoms with Crippen molar-refractivity contribution in [3.8, 4) is 11.1 Å². The number of hydrogen-bond acceptors (Lipinski definition) is 4. The molecule has 0 fully saturated rings. The van der Waals surface area contributed by atoms with E-state index in [1.165, 1.54) is 24.0 Å². The third-order valence-electron chi connectivity index (χ3n) is 5.55. The number of hydrogen-bond donors (Lipinski definition) is 3. The minimum atomic E-state index is 0.963. The molecule has 0 atom stereocenters. The lowest BCUT2D eigenvalue weighted by atomic mass is 10.0. The Hall–Kier alpha value is -3.86. The molecular weight excluding hydrogens is 382 g/mol. The Labute approximate surface area is 181 Å². The van der Waals surface area contributed by atoms with Crippen LogP contribution in [0, 0.1) is 0 Å². The van der Waals surface area contributed by atoms with Crippen LogP contribution in [0.25, 0.3) is 32.9 Å². The summed E-state index contributed by atoms with van der Waals surface area (Å²) in [6, 6.07) is 23.2. The molecule has 31 heavy (non-hydrogen) atoms. The Morgan fingerprint density at radius 1 is 0.871 bits per heavy atom. The summed E-state index contributed by atoms with van der Waals surface area (Å²) in [5.74, 6) is 0. The maximum atomic E-state index is 4.57. The zero-order valence-corrected chi connectivity index (χ0v) is 17.5. The van der Waals surface area contributed by atoms with Crippen LogP contribution in [0.15, 0.2) is 79.1 Å². The van der Waals surface area contributed by atoms with E-state index in [-0.39, 0.29) is 0 Å². The largest absolute Gasteiger partial charge is 0.385 e. The predicted molar refractivity (Wildman–Crippen MR) is 130 cm³/mol. The Morgan fingerprint density at radius 2 is 1.74 bits per heavy atom. The summed E-state index contributed by atoms with van der Waals surface area (Å²) in [7, 11) is 0. The summed E-state index contributed by atoms with van der Waals surface area (Å²) in [4.78, 5) is 4.57. The molecule has 0 amide bonds. The molecule has 5 aromatic rings. The van der Waals surface area contributed by atoms with Crippen LogP contribution in [-0.2, 0) is 0 Å². The van der Waals surface area contributed by atoms with Crippen molar-refractivity contribution in [3.05, 3.63) is 79.1 Å². The normalized spacial score (nSPS) is 11.1. The average Bonchev–Trinajstić information content (AvgIpc) is 3.29. The second kappa shape index (κ2) is 8.48. The van der Waals surface area contributed by atoms with Gasteiger partial charge in [-0.25, -0.2) is 0 Å². The summed E-state index contributed by atoms with van der Waals surface area (Å²) in [6.45, 7) is 3.20. The van der Waals surface area contributed by atoms with Crippen molar-refractivity contribution >= 4 is 38.9 Å². The fourth-order valence-corrected chi connectivity index (χ4v) is 3.88. The van der Waals surface area contributed by atoms with Crippen molar-refractivity contribution in [1.82, 2.24) is 15.2 Å². The van der Waals surface area contributed by atoms with Gasteiger partial charge in [0, 0.05) is 40.6 Å². The number of nitrogens with one attached hydrogen (secondary N) is 3. The lowest BCUT2D eigenvalue weighted by molar-refractivity contribution is 0.834. The first-order valence-corrected chi connectivity index (χ1v) is 10.7. The van der Waals surface area contributed by atoms with Gasteiger partial charge in [-0.3, -0.25) is 10.1 Å². The maximum absolute atomic E-state index is 4.57. The van der Waals surface area contributed by atoms with Gasteiger partial charge in [0.2, 0.25) is 0 Å². The van der Waals surface area contributed by atoms with Gasteiger partial charge in [-0.1, -0.05) is 37.6 Å². The highest BCUT2D eigenvalue weighted by Crippen LogP contribution is 2.32. The number of aromatic amines is 1. The molecule has 5 nitrogen and oxygen atoms in total. The van der Waals surface area contributed by atoms with Gasteiger partial charge in [0.25, 0.3) is 0 Å². The average molecular weight is 408 g/mol. The Kier molecular flexibility index (Phi) is 5.23. The summed E-state index contributed by atoms with van der Waals surface area (Å²) in [5.41, 5.74) is 7.53. The van der Waals surface area contributed by atoms with E-state index in [9.17, 15) is 0 Å². The molecule has 0 saturated heterocycles. The summed E-state index contributed by atoms with van der Waals surface area (Å²) in [5, 5.41) is 16.5. The van der Waals surface area contributed by atoms with Gasteiger partial charge in [-0.2, -0.15) is 5.10 Å². The highest BCUT2D eigenvalue weighted by molar-refractivity contribution is 5.99. The summed E-state index contributed by atoms with van der Waals surface area (Å²) in [6.07, 6.45) is 6.05. The fourth-order valence-electron chi connectivity index (χ4n) is 3.88. The van der Waals surface area contributed by atoms with Crippen molar-refractivity contribution in [1.29, 1.82) is 0 Å². The van der Waals surface area contributed by atoms with Crippen LogP contribution in [0.1, 0.15) is 19.8 Å². The number of H-pyrrole nitrogens is 1. The molecule has 0 radical (unpaired) electrons. The quantitative estimate of drug-likeness (QED) is 0.262. The molecule has 3 aromatic carbocycles. The second-order valence-corrected chi connectivity index (χ2v) is 7.71. The van der Waals surface area contributed by atoms with Crippen LogP contribution in [0.4, 0.5) is 17.1 Å². The summed E-state index contributed by atoms with van der Waals surface area (Å²) >= 11 is 0. The monoisotopic (exact) mass is 407 g/mol. The van der Waals surface area contributed by atoms with Crippen LogP contribution < -0.4 is 10.6 Å². The molecule has 3 N–H and O–H groups in total. The van der Waals surface area contributed by atoms with E-state index < -0.39 is 0 Å².